The van der Waals surface area contributed by atoms with Crippen molar-refractivity contribution in [3.63, 3.8) is 0 Å². The number of ether oxygens (including phenoxy) is 4. The lowest BCUT2D eigenvalue weighted by molar-refractivity contribution is 0.0727. The minimum Gasteiger partial charge on any atom is -0.496 e. The van der Waals surface area contributed by atoms with E-state index in [0.717, 1.165) is 12.0 Å². The summed E-state index contributed by atoms with van der Waals surface area (Å²) >= 11 is 0. The molecule has 0 aromatic heterocycles. The molecule has 26 heavy (non-hydrogen) atoms. The van der Waals surface area contributed by atoms with Gasteiger partial charge in [-0.15, -0.1) is 0 Å². The monoisotopic (exact) mass is 357 g/mol. The molecule has 0 bridgehead atoms. The number of carbonyl (C=O) groups is 1. The van der Waals surface area contributed by atoms with E-state index in [0.29, 0.717) is 41.7 Å². The second-order valence-electron chi connectivity index (χ2n) is 5.99. The molecule has 0 aliphatic carbocycles. The highest BCUT2D eigenvalue weighted by atomic mass is 16.5. The molecule has 3 rings (SSSR count). The molecule has 0 radical (unpaired) electrons. The van der Waals surface area contributed by atoms with Gasteiger partial charge in [0.2, 0.25) is 0 Å². The van der Waals surface area contributed by atoms with Crippen LogP contribution in [-0.2, 0) is 13.0 Å². The van der Waals surface area contributed by atoms with Gasteiger partial charge in [-0.05, 0) is 41.8 Å². The summed E-state index contributed by atoms with van der Waals surface area (Å²) in [5.74, 6) is 2.27. The van der Waals surface area contributed by atoms with Crippen LogP contribution in [0.25, 0.3) is 0 Å². The third-order valence-corrected chi connectivity index (χ3v) is 4.65. The van der Waals surface area contributed by atoms with E-state index in [4.69, 9.17) is 18.9 Å². The molecule has 0 unspecified atom stereocenters. The fourth-order valence-corrected chi connectivity index (χ4v) is 3.28. The van der Waals surface area contributed by atoms with Gasteiger partial charge in [-0.2, -0.15) is 0 Å². The molecule has 0 spiro atoms. The van der Waals surface area contributed by atoms with Crippen molar-refractivity contribution in [2.24, 2.45) is 0 Å². The van der Waals surface area contributed by atoms with Crippen molar-refractivity contribution in [1.29, 1.82) is 0 Å². The van der Waals surface area contributed by atoms with Gasteiger partial charge in [0, 0.05) is 13.1 Å². The lowest BCUT2D eigenvalue weighted by Gasteiger charge is -2.30. The van der Waals surface area contributed by atoms with Crippen molar-refractivity contribution in [2.45, 2.75) is 13.0 Å². The second kappa shape index (κ2) is 7.56. The molecule has 0 saturated carbocycles. The third-order valence-electron chi connectivity index (χ3n) is 4.65. The van der Waals surface area contributed by atoms with Crippen LogP contribution in [0.5, 0.6) is 23.0 Å². The van der Waals surface area contributed by atoms with Gasteiger partial charge in [0.15, 0.2) is 11.5 Å². The smallest absolute Gasteiger partial charge is 0.261 e. The fourth-order valence-electron chi connectivity index (χ4n) is 3.28. The SMILES string of the molecule is COc1cc2c(cc1OC)CN(C(=O)c1c(OC)cccc1OC)CC2. The van der Waals surface area contributed by atoms with Crippen LogP contribution in [0.15, 0.2) is 30.3 Å². The first-order valence-electron chi connectivity index (χ1n) is 8.37. The number of amides is 1. The van der Waals surface area contributed by atoms with Crippen molar-refractivity contribution in [2.75, 3.05) is 35.0 Å². The third kappa shape index (κ3) is 3.14. The summed E-state index contributed by atoms with van der Waals surface area (Å²) in [5, 5.41) is 0. The Hall–Kier alpha value is -2.89. The molecule has 6 heteroatoms. The van der Waals surface area contributed by atoms with E-state index in [9.17, 15) is 4.79 Å². The predicted molar refractivity (Wildman–Crippen MR) is 97.5 cm³/mol. The predicted octanol–water partition coefficient (Wildman–Crippen LogP) is 2.92. The number of fused-ring (bicyclic) bond motifs is 1. The van der Waals surface area contributed by atoms with Crippen LogP contribution in [0, 0.1) is 0 Å². The highest BCUT2D eigenvalue weighted by Crippen LogP contribution is 2.35. The topological polar surface area (TPSA) is 57.2 Å². The lowest BCUT2D eigenvalue weighted by Crippen LogP contribution is -2.36. The van der Waals surface area contributed by atoms with Gasteiger partial charge in [0.05, 0.1) is 28.4 Å². The molecule has 0 fully saturated rings. The van der Waals surface area contributed by atoms with E-state index in [1.807, 2.05) is 12.1 Å². The molecule has 1 heterocycles. The molecule has 1 amide bonds. The van der Waals surface area contributed by atoms with Crippen LogP contribution >= 0.6 is 0 Å². The van der Waals surface area contributed by atoms with E-state index >= 15 is 0 Å². The van der Waals surface area contributed by atoms with E-state index in [1.54, 1.807) is 51.5 Å². The fraction of sp³-hybridized carbons (Fsp3) is 0.350. The molecule has 0 saturated heterocycles. The molecule has 138 valence electrons. The van der Waals surface area contributed by atoms with Crippen LogP contribution < -0.4 is 18.9 Å². The van der Waals surface area contributed by atoms with E-state index in [-0.39, 0.29) is 5.91 Å². The van der Waals surface area contributed by atoms with Gasteiger partial charge >= 0.3 is 0 Å². The number of benzene rings is 2. The molecular weight excluding hydrogens is 334 g/mol. The molecule has 2 aromatic rings. The van der Waals surface area contributed by atoms with Gasteiger partial charge in [-0.3, -0.25) is 4.79 Å². The zero-order valence-electron chi connectivity index (χ0n) is 15.5. The summed E-state index contributed by atoms with van der Waals surface area (Å²) < 4.78 is 21.5. The van der Waals surface area contributed by atoms with Crippen LogP contribution in [-0.4, -0.2) is 45.8 Å². The van der Waals surface area contributed by atoms with Gasteiger partial charge in [-0.1, -0.05) is 6.07 Å². The molecular formula is C20H23NO5. The molecule has 0 atom stereocenters. The quantitative estimate of drug-likeness (QED) is 0.824. The van der Waals surface area contributed by atoms with Crippen molar-refractivity contribution >= 4 is 5.91 Å². The maximum Gasteiger partial charge on any atom is 0.261 e. The number of hydrogen-bond donors (Lipinski definition) is 0. The Bertz CT molecular complexity index is 796. The zero-order valence-corrected chi connectivity index (χ0v) is 15.5. The average Bonchev–Trinajstić information content (AvgIpc) is 2.70. The van der Waals surface area contributed by atoms with E-state index in [1.165, 1.54) is 5.56 Å². The minimum absolute atomic E-state index is 0.111. The summed E-state index contributed by atoms with van der Waals surface area (Å²) in [6, 6.07) is 9.26. The lowest BCUT2D eigenvalue weighted by atomic mass is 9.98. The van der Waals surface area contributed by atoms with Gasteiger partial charge in [0.25, 0.3) is 5.91 Å². The standard InChI is InChI=1S/C20H23NO5/c1-23-15-6-5-7-16(24-2)19(15)20(22)21-9-8-13-10-17(25-3)18(26-4)11-14(13)12-21/h5-7,10-11H,8-9,12H2,1-4H3. The Kier molecular flexibility index (Phi) is 5.21. The van der Waals surface area contributed by atoms with Crippen LogP contribution in [0.3, 0.4) is 0 Å². The molecule has 2 aromatic carbocycles. The molecule has 0 N–H and O–H groups in total. The highest BCUT2D eigenvalue weighted by Gasteiger charge is 2.27. The normalized spacial score (nSPS) is 13.0. The van der Waals surface area contributed by atoms with Crippen LogP contribution in [0.2, 0.25) is 0 Å². The summed E-state index contributed by atoms with van der Waals surface area (Å²) in [7, 11) is 6.33. The first-order chi connectivity index (χ1) is 12.6. The maximum absolute atomic E-state index is 13.2. The van der Waals surface area contributed by atoms with Crippen molar-refractivity contribution in [3.05, 3.63) is 47.0 Å². The number of carbonyl (C=O) groups excluding carboxylic acids is 1. The summed E-state index contributed by atoms with van der Waals surface area (Å²) in [5.41, 5.74) is 2.66. The molecule has 1 aliphatic heterocycles. The average molecular weight is 357 g/mol. The Balaban J connectivity index is 1.93. The minimum atomic E-state index is -0.111. The van der Waals surface area contributed by atoms with E-state index in [2.05, 4.69) is 0 Å². The van der Waals surface area contributed by atoms with Crippen molar-refractivity contribution in [1.82, 2.24) is 4.90 Å². The van der Waals surface area contributed by atoms with Crippen molar-refractivity contribution in [3.8, 4) is 23.0 Å². The molecule has 1 aliphatic rings. The van der Waals surface area contributed by atoms with Crippen LogP contribution in [0.4, 0.5) is 0 Å². The maximum atomic E-state index is 13.2. The second-order valence-corrected chi connectivity index (χ2v) is 5.99. The number of hydrogen-bond acceptors (Lipinski definition) is 5. The van der Waals surface area contributed by atoms with E-state index < -0.39 is 0 Å². The number of methoxy groups -OCH3 is 4. The summed E-state index contributed by atoms with van der Waals surface area (Å²) in [6.45, 7) is 1.11. The highest BCUT2D eigenvalue weighted by molar-refractivity contribution is 5.99. The number of nitrogens with zero attached hydrogens (tertiary/aromatic N) is 1. The largest absolute Gasteiger partial charge is 0.496 e. The Morgan fingerprint density at radius 1 is 0.846 bits per heavy atom. The summed E-state index contributed by atoms with van der Waals surface area (Å²) in [6.07, 6.45) is 0.749. The Morgan fingerprint density at radius 2 is 1.38 bits per heavy atom. The van der Waals surface area contributed by atoms with Gasteiger partial charge < -0.3 is 23.8 Å². The van der Waals surface area contributed by atoms with Crippen molar-refractivity contribution < 1.29 is 23.7 Å². The zero-order chi connectivity index (χ0) is 18.7. The first kappa shape index (κ1) is 17.9. The Morgan fingerprint density at radius 3 is 1.92 bits per heavy atom. The molecule has 6 nitrogen and oxygen atoms in total. The van der Waals surface area contributed by atoms with Crippen LogP contribution in [0.1, 0.15) is 21.5 Å². The summed E-state index contributed by atoms with van der Waals surface area (Å²) in [4.78, 5) is 15.0. The van der Waals surface area contributed by atoms with Gasteiger partial charge in [0.1, 0.15) is 17.1 Å². The number of rotatable bonds is 5. The van der Waals surface area contributed by atoms with Gasteiger partial charge in [-0.25, -0.2) is 0 Å². The Labute approximate surface area is 153 Å². The first-order valence-corrected chi connectivity index (χ1v) is 8.37.